The Kier molecular flexibility index (Phi) is 6.81. The van der Waals surface area contributed by atoms with Crippen LogP contribution < -0.4 is 14.8 Å². The maximum atomic E-state index is 13.3. The van der Waals surface area contributed by atoms with Gasteiger partial charge in [0.25, 0.3) is 5.91 Å². The fourth-order valence-corrected chi connectivity index (χ4v) is 5.39. The number of aromatic nitrogens is 3. The Hall–Kier alpha value is -3.45. The monoisotopic (exact) mass is 509 g/mol. The smallest absolute Gasteiger partial charge is 0.416 e. The van der Waals surface area contributed by atoms with Gasteiger partial charge >= 0.3 is 6.18 Å². The summed E-state index contributed by atoms with van der Waals surface area (Å²) in [5.41, 5.74) is -1.09. The molecule has 1 heterocycles. The van der Waals surface area contributed by atoms with Crippen molar-refractivity contribution in [1.29, 1.82) is 0 Å². The minimum absolute atomic E-state index is 0.0365. The third-order valence-corrected chi connectivity index (χ3v) is 7.17. The van der Waals surface area contributed by atoms with E-state index in [2.05, 4.69) is 20.1 Å². The molecule has 0 spiro atoms. The molecule has 1 aromatic heterocycles. The molecular weight excluding hydrogens is 487 g/mol. The van der Waals surface area contributed by atoms with E-state index < -0.39 is 27.7 Å². The van der Waals surface area contributed by atoms with Crippen LogP contribution in [-0.2, 0) is 16.2 Å². The first-order chi connectivity index (χ1) is 16.6. The quantitative estimate of drug-likeness (QED) is 0.501. The maximum absolute atomic E-state index is 13.3. The summed E-state index contributed by atoms with van der Waals surface area (Å²) in [6, 6.07) is 6.36. The van der Waals surface area contributed by atoms with Crippen molar-refractivity contribution in [3.63, 3.8) is 0 Å². The molecule has 1 aliphatic carbocycles. The number of anilines is 1. The predicted octanol–water partition coefficient (Wildman–Crippen LogP) is 3.77. The van der Waals surface area contributed by atoms with E-state index in [0.717, 1.165) is 37.1 Å². The minimum Gasteiger partial charge on any atom is -0.495 e. The van der Waals surface area contributed by atoms with Crippen LogP contribution in [0.15, 0.2) is 53.9 Å². The Morgan fingerprint density at radius 1 is 1.14 bits per heavy atom. The lowest BCUT2D eigenvalue weighted by atomic mass is 10.1. The summed E-state index contributed by atoms with van der Waals surface area (Å²) in [6.45, 7) is 0. The van der Waals surface area contributed by atoms with Crippen molar-refractivity contribution >= 4 is 21.6 Å². The molecule has 2 N–H and O–H groups in total. The molecule has 9 nitrogen and oxygen atoms in total. The zero-order valence-electron chi connectivity index (χ0n) is 18.5. The topological polar surface area (TPSA) is 115 Å². The van der Waals surface area contributed by atoms with E-state index in [1.807, 2.05) is 0 Å². The molecule has 0 unspecified atom stereocenters. The van der Waals surface area contributed by atoms with Gasteiger partial charge in [-0.15, -0.1) is 0 Å². The SMILES string of the molecule is COc1ccc(C(=O)Nc2cc(C(F)(F)F)ccc2-n2cncn2)cc1S(=O)(=O)NC1CCCC1. The number of nitrogens with zero attached hydrogens (tertiary/aromatic N) is 3. The number of carbonyl (C=O) groups excluding carboxylic acids is 1. The van der Waals surface area contributed by atoms with E-state index in [1.165, 1.54) is 36.6 Å². The van der Waals surface area contributed by atoms with Gasteiger partial charge in [0.15, 0.2) is 0 Å². The van der Waals surface area contributed by atoms with Gasteiger partial charge in [0.1, 0.15) is 23.3 Å². The van der Waals surface area contributed by atoms with Crippen LogP contribution in [0, 0.1) is 0 Å². The van der Waals surface area contributed by atoms with Crippen LogP contribution in [0.3, 0.4) is 0 Å². The number of sulfonamides is 1. The van der Waals surface area contributed by atoms with E-state index in [4.69, 9.17) is 4.74 Å². The molecule has 0 radical (unpaired) electrons. The van der Waals surface area contributed by atoms with Gasteiger partial charge < -0.3 is 10.1 Å². The number of alkyl halides is 3. The first-order valence-electron chi connectivity index (χ1n) is 10.7. The summed E-state index contributed by atoms with van der Waals surface area (Å²) in [5, 5.41) is 6.34. The molecule has 0 bridgehead atoms. The highest BCUT2D eigenvalue weighted by molar-refractivity contribution is 7.89. The number of rotatable bonds is 7. The van der Waals surface area contributed by atoms with Crippen molar-refractivity contribution in [3.05, 3.63) is 60.2 Å². The van der Waals surface area contributed by atoms with Crippen molar-refractivity contribution in [3.8, 4) is 11.4 Å². The van der Waals surface area contributed by atoms with Gasteiger partial charge in [0.05, 0.1) is 24.0 Å². The summed E-state index contributed by atoms with van der Waals surface area (Å²) in [7, 11) is -2.71. The van der Waals surface area contributed by atoms with E-state index in [1.54, 1.807) is 0 Å². The van der Waals surface area contributed by atoms with Gasteiger partial charge in [-0.05, 0) is 49.2 Å². The second-order valence-corrected chi connectivity index (χ2v) is 9.67. The average molecular weight is 510 g/mol. The zero-order chi connectivity index (χ0) is 25.2. The Balaban J connectivity index is 1.68. The van der Waals surface area contributed by atoms with Crippen LogP contribution in [0.5, 0.6) is 5.75 Å². The Bertz CT molecular complexity index is 1320. The predicted molar refractivity (Wildman–Crippen MR) is 120 cm³/mol. The Labute approximate surface area is 199 Å². The van der Waals surface area contributed by atoms with Gasteiger partial charge in [0, 0.05) is 11.6 Å². The number of hydrogen-bond acceptors (Lipinski definition) is 6. The van der Waals surface area contributed by atoms with E-state index in [-0.39, 0.29) is 33.6 Å². The normalized spacial score (nSPS) is 14.7. The van der Waals surface area contributed by atoms with Crippen LogP contribution in [0.4, 0.5) is 18.9 Å². The number of carbonyl (C=O) groups is 1. The first-order valence-corrected chi connectivity index (χ1v) is 12.1. The molecule has 0 saturated heterocycles. The molecule has 2 aromatic carbocycles. The second-order valence-electron chi connectivity index (χ2n) is 7.99. The lowest BCUT2D eigenvalue weighted by Crippen LogP contribution is -2.33. The number of hydrogen-bond donors (Lipinski definition) is 2. The second kappa shape index (κ2) is 9.66. The van der Waals surface area contributed by atoms with E-state index >= 15 is 0 Å². The fourth-order valence-electron chi connectivity index (χ4n) is 3.89. The molecule has 0 aliphatic heterocycles. The summed E-state index contributed by atoms with van der Waals surface area (Å²) in [6.07, 6.45) is 1.07. The highest BCUT2D eigenvalue weighted by Crippen LogP contribution is 2.34. The van der Waals surface area contributed by atoms with E-state index in [9.17, 15) is 26.4 Å². The van der Waals surface area contributed by atoms with Crippen molar-refractivity contribution in [1.82, 2.24) is 19.5 Å². The van der Waals surface area contributed by atoms with Crippen molar-refractivity contribution in [2.24, 2.45) is 0 Å². The van der Waals surface area contributed by atoms with Gasteiger partial charge in [0.2, 0.25) is 10.0 Å². The van der Waals surface area contributed by atoms with Crippen molar-refractivity contribution < 1.29 is 31.1 Å². The molecule has 3 aromatic rings. The number of benzene rings is 2. The lowest BCUT2D eigenvalue weighted by molar-refractivity contribution is -0.137. The molecule has 4 rings (SSSR count). The summed E-state index contributed by atoms with van der Waals surface area (Å²) < 4.78 is 74.9. The molecule has 1 aliphatic rings. The largest absolute Gasteiger partial charge is 0.495 e. The number of ether oxygens (including phenoxy) is 1. The van der Waals surface area contributed by atoms with Crippen molar-refractivity contribution in [2.45, 2.75) is 42.8 Å². The highest BCUT2D eigenvalue weighted by Gasteiger charge is 2.32. The number of amides is 1. The van der Waals surface area contributed by atoms with Gasteiger partial charge in [-0.25, -0.2) is 22.8 Å². The molecule has 35 heavy (non-hydrogen) atoms. The molecule has 1 amide bonds. The first kappa shape index (κ1) is 24.7. The molecule has 1 saturated carbocycles. The van der Waals surface area contributed by atoms with Crippen LogP contribution in [0.1, 0.15) is 41.6 Å². The van der Waals surface area contributed by atoms with Gasteiger partial charge in [-0.1, -0.05) is 12.8 Å². The van der Waals surface area contributed by atoms with Gasteiger partial charge in [-0.2, -0.15) is 18.3 Å². The minimum atomic E-state index is -4.65. The summed E-state index contributed by atoms with van der Waals surface area (Å²) in [4.78, 5) is 16.6. The standard InChI is InChI=1S/C22H22F3N5O4S/c1-34-19-9-6-14(10-20(19)35(32,33)29-16-4-2-3-5-16)21(31)28-17-11-15(22(23,24)25)7-8-18(17)30-13-26-12-27-30/h6-13,16,29H,2-5H2,1H3,(H,28,31). The third-order valence-electron chi connectivity index (χ3n) is 5.63. The summed E-state index contributed by atoms with van der Waals surface area (Å²) >= 11 is 0. The summed E-state index contributed by atoms with van der Waals surface area (Å²) in [5.74, 6) is -0.778. The molecule has 1 fully saturated rings. The average Bonchev–Trinajstić information content (AvgIpc) is 3.52. The van der Waals surface area contributed by atoms with E-state index in [0.29, 0.717) is 12.8 Å². The number of halogens is 3. The zero-order valence-corrected chi connectivity index (χ0v) is 19.4. The molecule has 186 valence electrons. The highest BCUT2D eigenvalue weighted by atomic mass is 32.2. The van der Waals surface area contributed by atoms with Crippen molar-refractivity contribution in [2.75, 3.05) is 12.4 Å². The fraction of sp³-hybridized carbons (Fsp3) is 0.318. The van der Waals surface area contributed by atoms with Crippen LogP contribution in [-0.4, -0.2) is 42.2 Å². The molecule has 13 heteroatoms. The Morgan fingerprint density at radius 3 is 2.51 bits per heavy atom. The number of nitrogens with one attached hydrogen (secondary N) is 2. The maximum Gasteiger partial charge on any atom is 0.416 e. The molecular formula is C22H22F3N5O4S. The molecule has 0 atom stereocenters. The lowest BCUT2D eigenvalue weighted by Gasteiger charge is -2.17. The number of methoxy groups -OCH3 is 1. The van der Waals surface area contributed by atoms with Gasteiger partial charge in [-0.3, -0.25) is 4.79 Å². The van der Waals surface area contributed by atoms with Crippen LogP contribution in [0.2, 0.25) is 0 Å². The Morgan fingerprint density at radius 2 is 1.89 bits per heavy atom. The van der Waals surface area contributed by atoms with Crippen LogP contribution in [0.25, 0.3) is 5.69 Å². The van der Waals surface area contributed by atoms with Crippen LogP contribution >= 0.6 is 0 Å². The third kappa shape index (κ3) is 5.46.